The predicted molar refractivity (Wildman–Crippen MR) is 74.7 cm³/mol. The first-order valence-corrected chi connectivity index (χ1v) is 6.90. The van der Waals surface area contributed by atoms with Crippen LogP contribution in [0.5, 0.6) is 0 Å². The van der Waals surface area contributed by atoms with Gasteiger partial charge in [-0.3, -0.25) is 4.79 Å². The summed E-state index contributed by atoms with van der Waals surface area (Å²) in [7, 11) is 0. The van der Waals surface area contributed by atoms with Gasteiger partial charge in [0.25, 0.3) is 0 Å². The lowest BCUT2D eigenvalue weighted by Crippen LogP contribution is -2.26. The number of nitrogens with zero attached hydrogens (tertiary/aromatic N) is 1. The highest BCUT2D eigenvalue weighted by Gasteiger charge is 2.08. The van der Waals surface area contributed by atoms with E-state index in [-0.39, 0.29) is 0 Å². The molecule has 1 heterocycles. The number of likely N-dealkylation sites (tertiary alicyclic amines) is 1. The number of anilines is 1. The highest BCUT2D eigenvalue weighted by Crippen LogP contribution is 2.13. The Morgan fingerprint density at radius 3 is 2.67 bits per heavy atom. The molecule has 18 heavy (non-hydrogen) atoms. The topological polar surface area (TPSA) is 32.3 Å². The summed E-state index contributed by atoms with van der Waals surface area (Å²) >= 11 is 0. The zero-order chi connectivity index (χ0) is 12.6. The summed E-state index contributed by atoms with van der Waals surface area (Å²) in [6, 6.07) is 8.12. The van der Waals surface area contributed by atoms with Gasteiger partial charge >= 0.3 is 0 Å². The Bertz CT molecular complexity index is 371. The molecule has 0 aromatic heterocycles. The molecule has 0 radical (unpaired) electrons. The molecule has 1 amide bonds. The Balaban J connectivity index is 1.84. The first-order valence-electron chi connectivity index (χ1n) is 6.90. The molecule has 0 aliphatic carbocycles. The smallest absolute Gasteiger partial charge is 0.211 e. The number of hydrogen-bond acceptors (Lipinski definition) is 2. The van der Waals surface area contributed by atoms with Crippen molar-refractivity contribution in [3.05, 3.63) is 29.8 Å². The minimum Gasteiger partial charge on any atom is -0.329 e. The molecule has 0 spiro atoms. The lowest BCUT2D eigenvalue weighted by Gasteiger charge is -2.19. The van der Waals surface area contributed by atoms with Crippen molar-refractivity contribution in [2.45, 2.75) is 32.1 Å². The maximum atomic E-state index is 10.4. The minimum atomic E-state index is 0.730. The van der Waals surface area contributed by atoms with Gasteiger partial charge in [-0.15, -0.1) is 0 Å². The molecule has 3 heteroatoms. The van der Waals surface area contributed by atoms with Crippen LogP contribution >= 0.6 is 0 Å². The van der Waals surface area contributed by atoms with Crippen LogP contribution in [-0.2, 0) is 11.2 Å². The second-order valence-electron chi connectivity index (χ2n) is 4.97. The van der Waals surface area contributed by atoms with Gasteiger partial charge in [0.1, 0.15) is 0 Å². The Morgan fingerprint density at radius 1 is 1.17 bits per heavy atom. The highest BCUT2D eigenvalue weighted by atomic mass is 16.1. The van der Waals surface area contributed by atoms with E-state index in [4.69, 9.17) is 0 Å². The molecule has 1 fully saturated rings. The van der Waals surface area contributed by atoms with E-state index < -0.39 is 0 Å². The van der Waals surface area contributed by atoms with Crippen LogP contribution in [0, 0.1) is 0 Å². The number of nitrogens with one attached hydrogen (secondary N) is 1. The normalized spacial score (nSPS) is 17.1. The zero-order valence-electron chi connectivity index (χ0n) is 10.9. The molecule has 3 nitrogen and oxygen atoms in total. The molecule has 98 valence electrons. The van der Waals surface area contributed by atoms with Crippen molar-refractivity contribution in [1.29, 1.82) is 0 Å². The monoisotopic (exact) mass is 246 g/mol. The van der Waals surface area contributed by atoms with E-state index in [9.17, 15) is 4.79 Å². The first kappa shape index (κ1) is 13.1. The summed E-state index contributed by atoms with van der Waals surface area (Å²) in [5.74, 6) is 0. The summed E-state index contributed by atoms with van der Waals surface area (Å²) in [5, 5.41) is 2.70. The molecule has 0 atom stereocenters. The Labute approximate surface area is 109 Å². The van der Waals surface area contributed by atoms with Crippen molar-refractivity contribution in [3.8, 4) is 0 Å². The summed E-state index contributed by atoms with van der Waals surface area (Å²) in [6.07, 6.45) is 7.24. The summed E-state index contributed by atoms with van der Waals surface area (Å²) in [5.41, 5.74) is 2.18. The fourth-order valence-corrected chi connectivity index (χ4v) is 2.53. The number of amides is 1. The Hall–Kier alpha value is -1.35. The third-order valence-electron chi connectivity index (χ3n) is 3.57. The zero-order valence-corrected chi connectivity index (χ0v) is 10.9. The van der Waals surface area contributed by atoms with Crippen molar-refractivity contribution in [2.75, 3.05) is 25.0 Å². The fourth-order valence-electron chi connectivity index (χ4n) is 2.53. The maximum Gasteiger partial charge on any atom is 0.211 e. The van der Waals surface area contributed by atoms with Gasteiger partial charge < -0.3 is 10.2 Å². The molecule has 0 saturated carbocycles. The SMILES string of the molecule is O=CNc1cccc(CCN2CCCCCC2)c1. The van der Waals surface area contributed by atoms with Crippen molar-refractivity contribution in [2.24, 2.45) is 0 Å². The van der Waals surface area contributed by atoms with Crippen LogP contribution in [0.25, 0.3) is 0 Å². The lowest BCUT2D eigenvalue weighted by atomic mass is 10.1. The summed E-state index contributed by atoms with van der Waals surface area (Å²) in [6.45, 7) is 3.61. The summed E-state index contributed by atoms with van der Waals surface area (Å²) < 4.78 is 0. The maximum absolute atomic E-state index is 10.4. The fraction of sp³-hybridized carbons (Fsp3) is 0.533. The second kappa shape index (κ2) is 7.17. The van der Waals surface area contributed by atoms with Crippen molar-refractivity contribution in [1.82, 2.24) is 4.90 Å². The van der Waals surface area contributed by atoms with Gasteiger partial charge in [0.2, 0.25) is 6.41 Å². The van der Waals surface area contributed by atoms with Gasteiger partial charge in [-0.1, -0.05) is 25.0 Å². The Kier molecular flexibility index (Phi) is 5.21. The number of rotatable bonds is 5. The third kappa shape index (κ3) is 4.15. The van der Waals surface area contributed by atoms with Crippen molar-refractivity contribution >= 4 is 12.1 Å². The van der Waals surface area contributed by atoms with Crippen molar-refractivity contribution in [3.63, 3.8) is 0 Å². The van der Waals surface area contributed by atoms with Gasteiger partial charge in [-0.2, -0.15) is 0 Å². The number of carbonyl (C=O) groups is 1. The van der Waals surface area contributed by atoms with E-state index in [1.165, 1.54) is 44.3 Å². The van der Waals surface area contributed by atoms with E-state index in [1.807, 2.05) is 12.1 Å². The van der Waals surface area contributed by atoms with Crippen molar-refractivity contribution < 1.29 is 4.79 Å². The van der Waals surface area contributed by atoms with Crippen LogP contribution in [0.4, 0.5) is 5.69 Å². The largest absolute Gasteiger partial charge is 0.329 e. The van der Waals surface area contributed by atoms with E-state index in [0.717, 1.165) is 25.1 Å². The molecular formula is C15H22N2O. The highest BCUT2D eigenvalue weighted by molar-refractivity contribution is 5.71. The van der Waals surface area contributed by atoms with Gasteiger partial charge in [0, 0.05) is 12.2 Å². The van der Waals surface area contributed by atoms with Gasteiger partial charge in [0.15, 0.2) is 0 Å². The third-order valence-corrected chi connectivity index (χ3v) is 3.57. The van der Waals surface area contributed by atoms with Gasteiger partial charge in [-0.25, -0.2) is 0 Å². The molecule has 0 bridgehead atoms. The van der Waals surface area contributed by atoms with E-state index >= 15 is 0 Å². The predicted octanol–water partition coefficient (Wildman–Crippen LogP) is 2.67. The molecule has 2 rings (SSSR count). The average Bonchev–Trinajstić information content (AvgIpc) is 2.66. The average molecular weight is 246 g/mol. The molecule has 1 saturated heterocycles. The molecule has 1 aliphatic rings. The number of benzene rings is 1. The van der Waals surface area contributed by atoms with Gasteiger partial charge in [0.05, 0.1) is 0 Å². The van der Waals surface area contributed by atoms with Crippen LogP contribution < -0.4 is 5.32 Å². The summed E-state index contributed by atoms with van der Waals surface area (Å²) in [4.78, 5) is 13.0. The molecule has 1 aromatic carbocycles. The molecule has 1 aromatic rings. The minimum absolute atomic E-state index is 0.730. The van der Waals surface area contributed by atoms with Gasteiger partial charge in [-0.05, 0) is 50.0 Å². The number of carbonyl (C=O) groups excluding carboxylic acids is 1. The molecule has 1 aliphatic heterocycles. The molecular weight excluding hydrogens is 224 g/mol. The quantitative estimate of drug-likeness (QED) is 0.810. The second-order valence-corrected chi connectivity index (χ2v) is 4.97. The standard InChI is InChI=1S/C15H22N2O/c18-13-16-15-7-5-6-14(12-15)8-11-17-9-3-1-2-4-10-17/h5-7,12-13H,1-4,8-11H2,(H,16,18). The van der Waals surface area contributed by atoms with E-state index in [2.05, 4.69) is 22.3 Å². The van der Waals surface area contributed by atoms with Crippen LogP contribution in [0.3, 0.4) is 0 Å². The first-order chi connectivity index (χ1) is 8.88. The lowest BCUT2D eigenvalue weighted by molar-refractivity contribution is -0.105. The molecule has 1 N–H and O–H groups in total. The number of hydrogen-bond donors (Lipinski definition) is 1. The van der Waals surface area contributed by atoms with Crippen LogP contribution in [-0.4, -0.2) is 30.9 Å². The van der Waals surface area contributed by atoms with E-state index in [1.54, 1.807) is 0 Å². The molecule has 0 unspecified atom stereocenters. The van der Waals surface area contributed by atoms with Crippen LogP contribution in [0.15, 0.2) is 24.3 Å². The Morgan fingerprint density at radius 2 is 1.94 bits per heavy atom. The van der Waals surface area contributed by atoms with Crippen LogP contribution in [0.2, 0.25) is 0 Å². The van der Waals surface area contributed by atoms with E-state index in [0.29, 0.717) is 0 Å². The van der Waals surface area contributed by atoms with Crippen LogP contribution in [0.1, 0.15) is 31.2 Å².